The second kappa shape index (κ2) is 7.51. The van der Waals surface area contributed by atoms with Crippen molar-refractivity contribution in [3.05, 3.63) is 0 Å². The van der Waals surface area contributed by atoms with E-state index in [2.05, 4.69) is 17.2 Å². The van der Waals surface area contributed by atoms with Crippen LogP contribution < -0.4 is 11.1 Å². The molecule has 1 aliphatic rings. The van der Waals surface area contributed by atoms with Gasteiger partial charge in [-0.2, -0.15) is 0 Å². The second-order valence-electron chi connectivity index (χ2n) is 3.62. The fourth-order valence-electron chi connectivity index (χ4n) is 1.39. The van der Waals surface area contributed by atoms with Gasteiger partial charge in [-0.15, -0.1) is 0 Å². The summed E-state index contributed by atoms with van der Waals surface area (Å²) in [5.74, 6) is -0.435. The van der Waals surface area contributed by atoms with Crippen LogP contribution in [0.15, 0.2) is 4.99 Å². The zero-order valence-electron chi connectivity index (χ0n) is 9.57. The maximum Gasteiger partial charge on any atom is 0.243 e. The monoisotopic (exact) mass is 245 g/mol. The fourth-order valence-corrected chi connectivity index (χ4v) is 2.54. The average Bonchev–Trinajstić information content (AvgIpc) is 2.65. The largest absolute Gasteiger partial charge is 0.370 e. The van der Waals surface area contributed by atoms with E-state index < -0.39 is 5.91 Å². The Hall–Kier alpha value is -0.750. The summed E-state index contributed by atoms with van der Waals surface area (Å²) in [7, 11) is 0. The molecule has 0 spiro atoms. The number of amides is 1. The van der Waals surface area contributed by atoms with Gasteiger partial charge in [0.2, 0.25) is 5.91 Å². The van der Waals surface area contributed by atoms with Crippen LogP contribution >= 0.6 is 11.8 Å². The van der Waals surface area contributed by atoms with Gasteiger partial charge in [0.25, 0.3) is 0 Å². The molecule has 1 heterocycles. The lowest BCUT2D eigenvalue weighted by Gasteiger charge is -2.07. The molecule has 1 rings (SSSR count). The number of primary amides is 1. The summed E-state index contributed by atoms with van der Waals surface area (Å²) >= 11 is 1.79. The maximum absolute atomic E-state index is 10.4. The number of nitrogens with zero attached hydrogens (tertiary/aromatic N) is 1. The molecule has 0 bridgehead atoms. The van der Waals surface area contributed by atoms with E-state index in [1.165, 1.54) is 12.8 Å². The van der Waals surface area contributed by atoms with E-state index in [0.29, 0.717) is 18.4 Å². The molecule has 0 radical (unpaired) electrons. The van der Waals surface area contributed by atoms with Gasteiger partial charge in [0.1, 0.15) is 6.61 Å². The number of carbonyl (C=O) groups is 1. The van der Waals surface area contributed by atoms with Crippen LogP contribution in [0, 0.1) is 0 Å². The molecular weight excluding hydrogens is 226 g/mol. The van der Waals surface area contributed by atoms with Crippen LogP contribution in [0.1, 0.15) is 19.8 Å². The molecule has 1 unspecified atom stereocenters. The number of thioether (sulfide) groups is 1. The van der Waals surface area contributed by atoms with Gasteiger partial charge in [-0.05, 0) is 6.42 Å². The third-order valence-corrected chi connectivity index (χ3v) is 3.31. The van der Waals surface area contributed by atoms with Crippen LogP contribution in [0.2, 0.25) is 0 Å². The molecule has 1 aliphatic heterocycles. The topological polar surface area (TPSA) is 76.7 Å². The van der Waals surface area contributed by atoms with Gasteiger partial charge in [0.15, 0.2) is 5.17 Å². The van der Waals surface area contributed by atoms with E-state index in [1.807, 2.05) is 0 Å². The number of ether oxygens (including phenoxy) is 1. The summed E-state index contributed by atoms with van der Waals surface area (Å²) in [6, 6.07) is 0. The lowest BCUT2D eigenvalue weighted by Crippen LogP contribution is -2.26. The summed E-state index contributed by atoms with van der Waals surface area (Å²) in [5.41, 5.74) is 4.94. The molecule has 1 atom stereocenters. The summed E-state index contributed by atoms with van der Waals surface area (Å²) in [6.45, 7) is 4.21. The normalized spacial score (nSPS) is 19.6. The molecule has 0 saturated heterocycles. The number of nitrogens with two attached hydrogens (primary N) is 1. The third-order valence-electron chi connectivity index (χ3n) is 2.09. The molecule has 0 aliphatic carbocycles. The predicted octanol–water partition coefficient (Wildman–Crippen LogP) is 0.349. The Morgan fingerprint density at radius 1 is 1.75 bits per heavy atom. The lowest BCUT2D eigenvalue weighted by molar-refractivity contribution is -0.122. The van der Waals surface area contributed by atoms with E-state index in [-0.39, 0.29) is 6.61 Å². The number of hydrogen-bond acceptors (Lipinski definition) is 5. The zero-order chi connectivity index (χ0) is 11.8. The first-order valence-electron chi connectivity index (χ1n) is 5.53. The van der Waals surface area contributed by atoms with Gasteiger partial charge >= 0.3 is 0 Å². The summed E-state index contributed by atoms with van der Waals surface area (Å²) in [4.78, 5) is 14.8. The van der Waals surface area contributed by atoms with Crippen molar-refractivity contribution < 1.29 is 9.53 Å². The first-order valence-corrected chi connectivity index (χ1v) is 6.41. The van der Waals surface area contributed by atoms with Crippen molar-refractivity contribution in [1.82, 2.24) is 5.32 Å². The number of nitrogens with one attached hydrogen (secondary N) is 1. The molecule has 16 heavy (non-hydrogen) atoms. The maximum atomic E-state index is 10.4. The fraction of sp³-hybridized carbons (Fsp3) is 0.800. The Morgan fingerprint density at radius 2 is 2.56 bits per heavy atom. The molecule has 3 N–H and O–H groups in total. The van der Waals surface area contributed by atoms with Crippen LogP contribution in [0.5, 0.6) is 0 Å². The molecule has 0 aromatic carbocycles. The number of aliphatic imine (C=N–C) groups is 1. The Kier molecular flexibility index (Phi) is 6.25. The van der Waals surface area contributed by atoms with Crippen LogP contribution in [0.25, 0.3) is 0 Å². The van der Waals surface area contributed by atoms with Crippen molar-refractivity contribution in [3.63, 3.8) is 0 Å². The second-order valence-corrected chi connectivity index (χ2v) is 4.91. The van der Waals surface area contributed by atoms with Crippen LogP contribution in [-0.4, -0.2) is 42.6 Å². The van der Waals surface area contributed by atoms with Gasteiger partial charge in [0, 0.05) is 11.8 Å². The van der Waals surface area contributed by atoms with Gasteiger partial charge < -0.3 is 15.8 Å². The van der Waals surface area contributed by atoms with Crippen molar-refractivity contribution in [2.45, 2.75) is 25.0 Å². The zero-order valence-corrected chi connectivity index (χ0v) is 10.4. The molecule has 92 valence electrons. The van der Waals surface area contributed by atoms with Crippen LogP contribution in [0.3, 0.4) is 0 Å². The van der Waals surface area contributed by atoms with Crippen molar-refractivity contribution in [3.8, 4) is 0 Å². The lowest BCUT2D eigenvalue weighted by atomic mass is 10.2. The first-order chi connectivity index (χ1) is 7.72. The molecule has 0 fully saturated rings. The van der Waals surface area contributed by atoms with Gasteiger partial charge in [-0.1, -0.05) is 25.1 Å². The summed E-state index contributed by atoms with van der Waals surface area (Å²) in [6.07, 6.45) is 2.40. The highest BCUT2D eigenvalue weighted by atomic mass is 32.2. The quantitative estimate of drug-likeness (QED) is 0.635. The van der Waals surface area contributed by atoms with Crippen molar-refractivity contribution in [2.75, 3.05) is 26.3 Å². The van der Waals surface area contributed by atoms with E-state index >= 15 is 0 Å². The van der Waals surface area contributed by atoms with E-state index in [9.17, 15) is 4.79 Å². The molecule has 0 saturated carbocycles. The highest BCUT2D eigenvalue weighted by Gasteiger charge is 2.17. The van der Waals surface area contributed by atoms with Gasteiger partial charge in [-0.25, -0.2) is 0 Å². The third kappa shape index (κ3) is 5.37. The summed E-state index contributed by atoms with van der Waals surface area (Å²) in [5, 5.41) is 4.79. The minimum atomic E-state index is -0.435. The van der Waals surface area contributed by atoms with Crippen LogP contribution in [-0.2, 0) is 9.53 Å². The Balaban J connectivity index is 2.00. The molecule has 0 aromatic rings. The standard InChI is InChI=1S/C10H19N3O2S/c1-2-3-8-6-13-10(16-8)12-4-5-15-7-9(11)14/h8H,2-7H2,1H3,(H2,11,14)(H,12,13). The minimum Gasteiger partial charge on any atom is -0.370 e. The van der Waals surface area contributed by atoms with Gasteiger partial charge in [0.05, 0.1) is 13.2 Å². The highest BCUT2D eigenvalue weighted by Crippen LogP contribution is 2.23. The Labute approximate surface area is 100 Å². The smallest absolute Gasteiger partial charge is 0.243 e. The van der Waals surface area contributed by atoms with E-state index in [0.717, 1.165) is 11.7 Å². The van der Waals surface area contributed by atoms with Crippen LogP contribution in [0.4, 0.5) is 0 Å². The van der Waals surface area contributed by atoms with Crippen molar-refractivity contribution in [2.24, 2.45) is 10.7 Å². The first kappa shape index (κ1) is 13.3. The number of carbonyl (C=O) groups excluding carboxylic acids is 1. The minimum absolute atomic E-state index is 0.0141. The molecule has 5 nitrogen and oxygen atoms in total. The Bertz CT molecular complexity index is 258. The number of rotatable bonds is 7. The van der Waals surface area contributed by atoms with E-state index in [4.69, 9.17) is 10.5 Å². The SMILES string of the molecule is CCCC1CN=C(NCCOCC(N)=O)S1. The summed E-state index contributed by atoms with van der Waals surface area (Å²) < 4.78 is 5.03. The molecular formula is C10H19N3O2S. The number of hydrogen-bond donors (Lipinski definition) is 2. The highest BCUT2D eigenvalue weighted by molar-refractivity contribution is 8.14. The van der Waals surface area contributed by atoms with Crippen molar-refractivity contribution in [1.29, 1.82) is 0 Å². The van der Waals surface area contributed by atoms with Crippen molar-refractivity contribution >= 4 is 22.8 Å². The molecule has 0 aromatic heterocycles. The molecule has 6 heteroatoms. The van der Waals surface area contributed by atoms with E-state index in [1.54, 1.807) is 11.8 Å². The average molecular weight is 245 g/mol. The van der Waals surface area contributed by atoms with Gasteiger partial charge in [-0.3, -0.25) is 9.79 Å². The molecule has 1 amide bonds. The number of amidine groups is 1. The Morgan fingerprint density at radius 3 is 3.25 bits per heavy atom. The predicted molar refractivity (Wildman–Crippen MR) is 66.6 cm³/mol.